The summed E-state index contributed by atoms with van der Waals surface area (Å²) in [6.45, 7) is 6.35. The summed E-state index contributed by atoms with van der Waals surface area (Å²) in [4.78, 5) is 18.7. The topological polar surface area (TPSA) is 86.5 Å². The maximum atomic E-state index is 13.0. The molecular weight excluding hydrogens is 294 g/mol. The zero-order valence-electron chi connectivity index (χ0n) is 14.0. The van der Waals surface area contributed by atoms with Crippen molar-refractivity contribution < 1.29 is 14.6 Å². The van der Waals surface area contributed by atoms with Crippen LogP contribution in [0.5, 0.6) is 5.75 Å². The summed E-state index contributed by atoms with van der Waals surface area (Å²) in [6, 6.07) is 1.63. The molecule has 1 aliphatic rings. The van der Waals surface area contributed by atoms with E-state index in [4.69, 9.17) is 10.00 Å². The second kappa shape index (κ2) is 6.55. The lowest BCUT2D eigenvalue weighted by molar-refractivity contribution is -0.154. The first kappa shape index (κ1) is 17.2. The number of carbonyl (C=O) groups excluding carboxylic acids is 1. The molecule has 124 valence electrons. The third-order valence-electron chi connectivity index (χ3n) is 4.77. The second-order valence-electron chi connectivity index (χ2n) is 6.34. The van der Waals surface area contributed by atoms with E-state index in [1.165, 1.54) is 19.5 Å². The van der Waals surface area contributed by atoms with E-state index in [0.717, 1.165) is 6.42 Å². The number of nitrogens with zero attached hydrogens (tertiary/aromatic N) is 3. The normalized spacial score (nSPS) is 23.3. The van der Waals surface area contributed by atoms with Crippen molar-refractivity contribution >= 4 is 5.91 Å². The molecule has 0 aliphatic carbocycles. The zero-order chi connectivity index (χ0) is 17.2. The van der Waals surface area contributed by atoms with Gasteiger partial charge in [-0.1, -0.05) is 13.8 Å². The molecule has 6 nitrogen and oxygen atoms in total. The van der Waals surface area contributed by atoms with Crippen LogP contribution in [0.2, 0.25) is 0 Å². The fourth-order valence-corrected chi connectivity index (χ4v) is 3.05. The van der Waals surface area contributed by atoms with Gasteiger partial charge < -0.3 is 14.7 Å². The van der Waals surface area contributed by atoms with Crippen LogP contribution in [-0.4, -0.2) is 40.2 Å². The van der Waals surface area contributed by atoms with Crippen LogP contribution in [0.4, 0.5) is 0 Å². The number of hydrogen-bond donors (Lipinski definition) is 1. The minimum Gasteiger partial charge on any atom is -0.506 e. The Hall–Kier alpha value is -2.13. The van der Waals surface area contributed by atoms with Crippen LogP contribution in [0.25, 0.3) is 0 Å². The number of amides is 1. The number of pyridine rings is 1. The molecule has 23 heavy (non-hydrogen) atoms. The molecule has 0 radical (unpaired) electrons. The average Bonchev–Trinajstić information content (AvgIpc) is 2.95. The van der Waals surface area contributed by atoms with Gasteiger partial charge in [0.2, 0.25) is 0 Å². The van der Waals surface area contributed by atoms with Crippen molar-refractivity contribution in [3.8, 4) is 11.8 Å². The number of carbonyl (C=O) groups is 1. The zero-order valence-corrected chi connectivity index (χ0v) is 14.0. The molecule has 1 aromatic heterocycles. The molecule has 1 fully saturated rings. The molecule has 1 aromatic rings. The van der Waals surface area contributed by atoms with Crippen LogP contribution in [0, 0.1) is 17.2 Å². The number of likely N-dealkylation sites (tertiary alicyclic amines) is 1. The molecule has 1 amide bonds. The molecule has 1 saturated heterocycles. The van der Waals surface area contributed by atoms with E-state index in [0.29, 0.717) is 24.4 Å². The first-order valence-electron chi connectivity index (χ1n) is 7.81. The van der Waals surface area contributed by atoms with Gasteiger partial charge in [0.25, 0.3) is 5.91 Å². The summed E-state index contributed by atoms with van der Waals surface area (Å²) in [5.74, 6) is 0.112. The van der Waals surface area contributed by atoms with Gasteiger partial charge in [-0.15, -0.1) is 0 Å². The van der Waals surface area contributed by atoms with Gasteiger partial charge in [-0.3, -0.25) is 9.78 Å². The third kappa shape index (κ3) is 3.02. The molecule has 6 heteroatoms. The van der Waals surface area contributed by atoms with E-state index in [2.05, 4.69) is 11.9 Å². The Bertz CT molecular complexity index is 634. The Morgan fingerprint density at radius 2 is 2.30 bits per heavy atom. The van der Waals surface area contributed by atoms with E-state index in [1.807, 2.05) is 13.0 Å². The molecule has 0 bridgehead atoms. The molecule has 2 rings (SSSR count). The van der Waals surface area contributed by atoms with Crippen LogP contribution >= 0.6 is 0 Å². The van der Waals surface area contributed by atoms with E-state index in [9.17, 15) is 9.90 Å². The van der Waals surface area contributed by atoms with Crippen LogP contribution in [0.1, 0.15) is 50.8 Å². The van der Waals surface area contributed by atoms with Crippen LogP contribution < -0.4 is 0 Å². The van der Waals surface area contributed by atoms with Crippen molar-refractivity contribution in [1.82, 2.24) is 9.88 Å². The van der Waals surface area contributed by atoms with Gasteiger partial charge >= 0.3 is 0 Å². The summed E-state index contributed by atoms with van der Waals surface area (Å²) in [5.41, 5.74) is -0.242. The summed E-state index contributed by atoms with van der Waals surface area (Å²) in [6.07, 6.45) is 4.14. The molecule has 2 heterocycles. The smallest absolute Gasteiger partial charge is 0.255 e. The fourth-order valence-electron chi connectivity index (χ4n) is 3.05. The van der Waals surface area contributed by atoms with Crippen molar-refractivity contribution in [3.05, 3.63) is 23.5 Å². The van der Waals surface area contributed by atoms with Crippen molar-refractivity contribution in [3.63, 3.8) is 0 Å². The standard InChI is InChI=1S/C17H23N3O3/c1-5-17(3,23-4)16(22)20-10-11(2)6-14(20)13-9-19-8-12(7-18)15(13)21/h8-9,11,14H,5-6,10H2,1-4H3,(H,19,21)/t11-,14+,17?/m1/s1. The Balaban J connectivity index is 2.42. The first-order chi connectivity index (χ1) is 10.9. The highest BCUT2D eigenvalue weighted by molar-refractivity contribution is 5.85. The Morgan fingerprint density at radius 1 is 1.61 bits per heavy atom. The number of aromatic nitrogens is 1. The minimum absolute atomic E-state index is 0.0879. The van der Waals surface area contributed by atoms with E-state index < -0.39 is 5.60 Å². The van der Waals surface area contributed by atoms with Gasteiger partial charge in [0.15, 0.2) is 0 Å². The van der Waals surface area contributed by atoms with E-state index in [1.54, 1.807) is 11.8 Å². The molecule has 0 aromatic carbocycles. The fraction of sp³-hybridized carbons (Fsp3) is 0.588. The van der Waals surface area contributed by atoms with Crippen LogP contribution in [-0.2, 0) is 9.53 Å². The minimum atomic E-state index is -0.891. The lowest BCUT2D eigenvalue weighted by Gasteiger charge is -2.34. The Morgan fingerprint density at radius 3 is 2.87 bits per heavy atom. The second-order valence-corrected chi connectivity index (χ2v) is 6.34. The molecule has 1 N–H and O–H groups in total. The van der Waals surface area contributed by atoms with Crippen molar-refractivity contribution in [2.75, 3.05) is 13.7 Å². The van der Waals surface area contributed by atoms with Crippen molar-refractivity contribution in [2.45, 2.75) is 45.3 Å². The third-order valence-corrected chi connectivity index (χ3v) is 4.77. The average molecular weight is 317 g/mol. The largest absolute Gasteiger partial charge is 0.506 e. The Labute approximate surface area is 136 Å². The maximum Gasteiger partial charge on any atom is 0.255 e. The predicted molar refractivity (Wildman–Crippen MR) is 84.6 cm³/mol. The lowest BCUT2D eigenvalue weighted by Crippen LogP contribution is -2.48. The Kier molecular flexibility index (Phi) is 4.90. The van der Waals surface area contributed by atoms with Crippen LogP contribution in [0.3, 0.4) is 0 Å². The quantitative estimate of drug-likeness (QED) is 0.921. The lowest BCUT2D eigenvalue weighted by atomic mass is 9.97. The number of aromatic hydroxyl groups is 1. The highest BCUT2D eigenvalue weighted by Gasteiger charge is 2.43. The maximum absolute atomic E-state index is 13.0. The highest BCUT2D eigenvalue weighted by Crippen LogP contribution is 2.41. The summed E-state index contributed by atoms with van der Waals surface area (Å²) in [7, 11) is 1.53. The van der Waals surface area contributed by atoms with Crippen LogP contribution in [0.15, 0.2) is 12.4 Å². The van der Waals surface area contributed by atoms with Gasteiger partial charge in [0.05, 0.1) is 6.04 Å². The van der Waals surface area contributed by atoms with Gasteiger partial charge in [-0.25, -0.2) is 0 Å². The molecular formula is C17H23N3O3. The highest BCUT2D eigenvalue weighted by atomic mass is 16.5. The monoisotopic (exact) mass is 317 g/mol. The van der Waals surface area contributed by atoms with E-state index in [-0.39, 0.29) is 23.3 Å². The van der Waals surface area contributed by atoms with Gasteiger partial charge in [0.1, 0.15) is 23.0 Å². The number of nitriles is 1. The SMILES string of the molecule is CCC(C)(OC)C(=O)N1C[C@H](C)C[C@H]1c1cncc(C#N)c1O. The summed E-state index contributed by atoms with van der Waals surface area (Å²) in [5, 5.41) is 19.4. The molecule has 0 saturated carbocycles. The van der Waals surface area contributed by atoms with Crippen molar-refractivity contribution in [2.24, 2.45) is 5.92 Å². The molecule has 0 spiro atoms. The number of ether oxygens (including phenoxy) is 1. The van der Waals surface area contributed by atoms with E-state index >= 15 is 0 Å². The predicted octanol–water partition coefficient (Wildman–Crippen LogP) is 2.38. The van der Waals surface area contributed by atoms with Crippen molar-refractivity contribution in [1.29, 1.82) is 5.26 Å². The number of rotatable bonds is 4. The molecule has 1 aliphatic heterocycles. The number of hydrogen-bond acceptors (Lipinski definition) is 5. The number of methoxy groups -OCH3 is 1. The summed E-state index contributed by atoms with van der Waals surface area (Å²) < 4.78 is 5.43. The molecule has 3 atom stereocenters. The van der Waals surface area contributed by atoms with Gasteiger partial charge in [-0.2, -0.15) is 5.26 Å². The molecule has 1 unspecified atom stereocenters. The van der Waals surface area contributed by atoms with Gasteiger partial charge in [-0.05, 0) is 25.7 Å². The van der Waals surface area contributed by atoms with Gasteiger partial charge in [0, 0.05) is 31.6 Å². The first-order valence-corrected chi connectivity index (χ1v) is 7.81. The summed E-state index contributed by atoms with van der Waals surface area (Å²) >= 11 is 0.